The van der Waals surface area contributed by atoms with Crippen molar-refractivity contribution in [2.45, 2.75) is 20.5 Å². The van der Waals surface area contributed by atoms with Crippen LogP contribution in [0.2, 0.25) is 5.02 Å². The number of carbonyl (C=O) groups excluding carboxylic acids is 1. The molecule has 0 spiro atoms. The monoisotopic (exact) mass is 546 g/mol. The molecule has 4 aromatic rings. The number of hydrogen-bond acceptors (Lipinski definition) is 8. The van der Waals surface area contributed by atoms with Gasteiger partial charge in [0.2, 0.25) is 5.91 Å². The lowest BCUT2D eigenvalue weighted by Gasteiger charge is -2.15. The summed E-state index contributed by atoms with van der Waals surface area (Å²) in [5.74, 6) is 1.97. The number of aromatic nitrogens is 3. The van der Waals surface area contributed by atoms with E-state index in [2.05, 4.69) is 25.6 Å². The van der Waals surface area contributed by atoms with Gasteiger partial charge in [-0.15, -0.1) is 0 Å². The van der Waals surface area contributed by atoms with E-state index in [9.17, 15) is 4.79 Å². The van der Waals surface area contributed by atoms with Crippen LogP contribution in [-0.2, 0) is 11.4 Å². The molecule has 0 fully saturated rings. The third-order valence-electron chi connectivity index (χ3n) is 5.50. The molecule has 4 rings (SSSR count). The van der Waals surface area contributed by atoms with Gasteiger partial charge in [-0.1, -0.05) is 23.7 Å². The highest BCUT2D eigenvalue weighted by Crippen LogP contribution is 2.35. The van der Waals surface area contributed by atoms with Gasteiger partial charge in [-0.2, -0.15) is 0 Å². The third-order valence-corrected chi connectivity index (χ3v) is 5.80. The molecule has 0 bridgehead atoms. The SMILES string of the molecule is CCOc1cc2nc(C)nc(Nc3ccc(OCc4ccccn4)c(Cl)c3)c2cc1NC(=O)/C=C/CN(C)C. The summed E-state index contributed by atoms with van der Waals surface area (Å²) >= 11 is 6.52. The van der Waals surface area contributed by atoms with Crippen molar-refractivity contribution in [1.29, 1.82) is 0 Å². The van der Waals surface area contributed by atoms with Gasteiger partial charge in [-0.3, -0.25) is 9.78 Å². The number of fused-ring (bicyclic) bond motifs is 1. The summed E-state index contributed by atoms with van der Waals surface area (Å²) < 4.78 is 11.6. The summed E-state index contributed by atoms with van der Waals surface area (Å²) in [6.45, 7) is 5.10. The highest BCUT2D eigenvalue weighted by atomic mass is 35.5. The van der Waals surface area contributed by atoms with Gasteiger partial charge in [0.1, 0.15) is 29.7 Å². The van der Waals surface area contributed by atoms with Crippen molar-refractivity contribution >= 4 is 45.6 Å². The first-order chi connectivity index (χ1) is 18.8. The lowest BCUT2D eigenvalue weighted by atomic mass is 10.1. The molecule has 0 aliphatic rings. The fraction of sp³-hybridized carbons (Fsp3) is 0.241. The van der Waals surface area contributed by atoms with E-state index in [-0.39, 0.29) is 5.91 Å². The van der Waals surface area contributed by atoms with Crippen LogP contribution >= 0.6 is 11.6 Å². The van der Waals surface area contributed by atoms with Crippen molar-refractivity contribution < 1.29 is 14.3 Å². The number of halogens is 1. The summed E-state index contributed by atoms with van der Waals surface area (Å²) in [7, 11) is 3.87. The van der Waals surface area contributed by atoms with E-state index >= 15 is 0 Å². The minimum atomic E-state index is -0.257. The Morgan fingerprint density at radius 2 is 1.92 bits per heavy atom. The van der Waals surface area contributed by atoms with Gasteiger partial charge in [0.25, 0.3) is 0 Å². The Labute approximate surface area is 232 Å². The Balaban J connectivity index is 1.60. The molecule has 10 heteroatoms. The van der Waals surface area contributed by atoms with E-state index in [1.807, 2.05) is 63.2 Å². The maximum atomic E-state index is 12.6. The van der Waals surface area contributed by atoms with Crippen LogP contribution in [0.3, 0.4) is 0 Å². The first-order valence-corrected chi connectivity index (χ1v) is 12.9. The average molecular weight is 547 g/mol. The lowest BCUT2D eigenvalue weighted by Crippen LogP contribution is -2.13. The minimum Gasteiger partial charge on any atom is -0.492 e. The molecular formula is C29H31ClN6O3. The topological polar surface area (TPSA) is 102 Å². The van der Waals surface area contributed by atoms with Gasteiger partial charge in [-0.25, -0.2) is 9.97 Å². The quantitative estimate of drug-likeness (QED) is 0.229. The molecule has 2 aromatic heterocycles. The third kappa shape index (κ3) is 7.66. The van der Waals surface area contributed by atoms with E-state index in [1.54, 1.807) is 30.5 Å². The predicted molar refractivity (Wildman–Crippen MR) is 155 cm³/mol. The number of ether oxygens (including phenoxy) is 2. The number of aryl methyl sites for hydroxylation is 1. The number of pyridine rings is 1. The fourth-order valence-corrected chi connectivity index (χ4v) is 3.99. The number of anilines is 3. The van der Waals surface area contributed by atoms with Gasteiger partial charge < -0.3 is 25.0 Å². The van der Waals surface area contributed by atoms with Crippen LogP contribution in [0.15, 0.2) is 66.9 Å². The molecule has 2 aromatic carbocycles. The van der Waals surface area contributed by atoms with Crippen molar-refractivity contribution in [1.82, 2.24) is 19.9 Å². The van der Waals surface area contributed by atoms with Crippen LogP contribution in [0.1, 0.15) is 18.4 Å². The van der Waals surface area contributed by atoms with Gasteiger partial charge >= 0.3 is 0 Å². The second-order valence-electron chi connectivity index (χ2n) is 8.95. The fourth-order valence-electron chi connectivity index (χ4n) is 3.75. The molecule has 2 N–H and O–H groups in total. The van der Waals surface area contributed by atoms with Crippen molar-refractivity contribution in [3.05, 3.63) is 83.4 Å². The molecule has 39 heavy (non-hydrogen) atoms. The number of carbonyl (C=O) groups is 1. The summed E-state index contributed by atoms with van der Waals surface area (Å²) in [4.78, 5) is 28.0. The van der Waals surface area contributed by atoms with Crippen molar-refractivity contribution in [3.8, 4) is 11.5 Å². The smallest absolute Gasteiger partial charge is 0.248 e. The number of nitrogens with one attached hydrogen (secondary N) is 2. The molecule has 0 aliphatic heterocycles. The first kappa shape index (κ1) is 27.8. The van der Waals surface area contributed by atoms with E-state index in [0.717, 1.165) is 11.4 Å². The van der Waals surface area contributed by atoms with Crippen LogP contribution in [-0.4, -0.2) is 53.0 Å². The average Bonchev–Trinajstić information content (AvgIpc) is 2.89. The largest absolute Gasteiger partial charge is 0.492 e. The van der Waals surface area contributed by atoms with Crippen LogP contribution in [0.25, 0.3) is 10.9 Å². The lowest BCUT2D eigenvalue weighted by molar-refractivity contribution is -0.111. The highest BCUT2D eigenvalue weighted by molar-refractivity contribution is 6.32. The zero-order valence-electron chi connectivity index (χ0n) is 22.4. The second-order valence-corrected chi connectivity index (χ2v) is 9.36. The van der Waals surface area contributed by atoms with Crippen LogP contribution in [0, 0.1) is 6.92 Å². The van der Waals surface area contributed by atoms with Gasteiger partial charge in [0.15, 0.2) is 0 Å². The van der Waals surface area contributed by atoms with Crippen LogP contribution in [0.5, 0.6) is 11.5 Å². The number of benzene rings is 2. The Morgan fingerprint density at radius 3 is 2.64 bits per heavy atom. The van der Waals surface area contributed by atoms with E-state index in [0.29, 0.717) is 64.5 Å². The first-order valence-electron chi connectivity index (χ1n) is 12.5. The molecule has 1 amide bonds. The minimum absolute atomic E-state index is 0.257. The zero-order valence-corrected chi connectivity index (χ0v) is 23.1. The standard InChI is InChI=1S/C29H31ClN6O3/c1-5-38-27-17-24-22(16-25(27)35-28(37)10-8-14-36(3)4)29(33-19(2)32-24)34-20-11-12-26(23(30)15-20)39-18-21-9-6-7-13-31-21/h6-13,15-17H,5,14,18H2,1-4H3,(H,35,37)(H,32,33,34)/b10-8+. The number of rotatable bonds is 11. The maximum absolute atomic E-state index is 12.6. The van der Waals surface area contributed by atoms with Crippen LogP contribution < -0.4 is 20.1 Å². The van der Waals surface area contributed by atoms with Crippen LogP contribution in [0.4, 0.5) is 17.2 Å². The number of amides is 1. The summed E-state index contributed by atoms with van der Waals surface area (Å²) in [5, 5.41) is 7.41. The maximum Gasteiger partial charge on any atom is 0.248 e. The van der Waals surface area contributed by atoms with Gasteiger partial charge in [0, 0.05) is 36.0 Å². The molecule has 202 valence electrons. The summed E-state index contributed by atoms with van der Waals surface area (Å²) in [6.07, 6.45) is 5.02. The molecule has 0 atom stereocenters. The van der Waals surface area contributed by atoms with Crippen molar-refractivity contribution in [2.24, 2.45) is 0 Å². The Bertz CT molecular complexity index is 1480. The molecule has 0 unspecified atom stereocenters. The summed E-state index contributed by atoms with van der Waals surface area (Å²) in [6, 6.07) is 14.7. The Hall–Kier alpha value is -4.21. The Kier molecular flexibility index (Phi) is 9.30. The second kappa shape index (κ2) is 13.0. The molecule has 0 aliphatic carbocycles. The predicted octanol–water partition coefficient (Wildman–Crippen LogP) is 5.76. The molecule has 0 saturated heterocycles. The molecule has 9 nitrogen and oxygen atoms in total. The van der Waals surface area contributed by atoms with Crippen molar-refractivity contribution in [2.75, 3.05) is 37.9 Å². The molecule has 2 heterocycles. The number of nitrogens with zero attached hydrogens (tertiary/aromatic N) is 4. The number of hydrogen-bond donors (Lipinski definition) is 2. The highest BCUT2D eigenvalue weighted by Gasteiger charge is 2.15. The van der Waals surface area contributed by atoms with E-state index < -0.39 is 0 Å². The number of likely N-dealkylation sites (N-methyl/N-ethyl adjacent to an activating group) is 1. The molecule has 0 radical (unpaired) electrons. The zero-order chi connectivity index (χ0) is 27.8. The van der Waals surface area contributed by atoms with Gasteiger partial charge in [-0.05, 0) is 64.3 Å². The van der Waals surface area contributed by atoms with E-state index in [4.69, 9.17) is 21.1 Å². The summed E-state index contributed by atoms with van der Waals surface area (Å²) in [5.41, 5.74) is 2.73. The van der Waals surface area contributed by atoms with E-state index in [1.165, 1.54) is 6.08 Å². The molecule has 0 saturated carbocycles. The van der Waals surface area contributed by atoms with Gasteiger partial charge in [0.05, 0.1) is 28.5 Å². The normalized spacial score (nSPS) is 11.2. The Morgan fingerprint density at radius 1 is 1.08 bits per heavy atom. The van der Waals surface area contributed by atoms with Crippen molar-refractivity contribution in [3.63, 3.8) is 0 Å². The molecular weight excluding hydrogens is 516 g/mol.